The van der Waals surface area contributed by atoms with Crippen molar-refractivity contribution in [3.63, 3.8) is 0 Å². The summed E-state index contributed by atoms with van der Waals surface area (Å²) in [7, 11) is 0. The van der Waals surface area contributed by atoms with Gasteiger partial charge in [-0.25, -0.2) is 5.01 Å². The number of hydrogen-bond acceptors (Lipinski definition) is 4. The molecular formula is C19H16N2O2S. The molecular weight excluding hydrogens is 320 g/mol. The van der Waals surface area contributed by atoms with Crippen molar-refractivity contribution in [3.05, 3.63) is 81.9 Å². The molecule has 3 aromatic rings. The van der Waals surface area contributed by atoms with Crippen molar-refractivity contribution in [1.29, 1.82) is 0 Å². The molecule has 0 bridgehead atoms. The van der Waals surface area contributed by atoms with Gasteiger partial charge in [0.1, 0.15) is 11.8 Å². The van der Waals surface area contributed by atoms with Crippen molar-refractivity contribution in [1.82, 2.24) is 5.01 Å². The van der Waals surface area contributed by atoms with Crippen LogP contribution in [0.5, 0.6) is 0 Å². The minimum atomic E-state index is -0.206. The molecule has 0 N–H and O–H groups in total. The average molecular weight is 336 g/mol. The van der Waals surface area contributed by atoms with Crippen LogP contribution in [-0.2, 0) is 0 Å². The molecule has 5 heteroatoms. The van der Waals surface area contributed by atoms with Crippen molar-refractivity contribution < 1.29 is 9.21 Å². The van der Waals surface area contributed by atoms with E-state index in [2.05, 4.69) is 10.5 Å². The fourth-order valence-corrected chi connectivity index (χ4v) is 3.58. The van der Waals surface area contributed by atoms with Gasteiger partial charge in [0.25, 0.3) is 5.91 Å². The van der Waals surface area contributed by atoms with Crippen molar-refractivity contribution in [2.75, 3.05) is 0 Å². The quantitative estimate of drug-likeness (QED) is 0.699. The minimum Gasteiger partial charge on any atom is -0.467 e. The lowest BCUT2D eigenvalue weighted by atomic mass is 10.0. The molecule has 24 heavy (non-hydrogen) atoms. The van der Waals surface area contributed by atoms with Crippen LogP contribution in [0.2, 0.25) is 0 Å². The molecule has 4 nitrogen and oxygen atoms in total. The number of thiophene rings is 1. The third-order valence-electron chi connectivity index (χ3n) is 4.11. The molecule has 1 aliphatic heterocycles. The summed E-state index contributed by atoms with van der Waals surface area (Å²) in [5.74, 6) is 0.648. The van der Waals surface area contributed by atoms with E-state index in [1.165, 1.54) is 0 Å². The van der Waals surface area contributed by atoms with Gasteiger partial charge in [-0.05, 0) is 48.0 Å². The van der Waals surface area contributed by atoms with Gasteiger partial charge in [-0.3, -0.25) is 4.79 Å². The van der Waals surface area contributed by atoms with E-state index in [1.807, 2.05) is 54.8 Å². The Kier molecular flexibility index (Phi) is 3.78. The topological polar surface area (TPSA) is 45.8 Å². The molecule has 120 valence electrons. The molecule has 0 aliphatic carbocycles. The van der Waals surface area contributed by atoms with Gasteiger partial charge in [0.2, 0.25) is 0 Å². The number of furan rings is 1. The molecule has 0 spiro atoms. The number of aryl methyl sites for hydroxylation is 1. The first-order valence-electron chi connectivity index (χ1n) is 7.76. The van der Waals surface area contributed by atoms with Gasteiger partial charge in [0, 0.05) is 17.5 Å². The van der Waals surface area contributed by atoms with Crippen LogP contribution in [0.25, 0.3) is 0 Å². The van der Waals surface area contributed by atoms with Gasteiger partial charge in [-0.1, -0.05) is 17.7 Å². The van der Waals surface area contributed by atoms with E-state index < -0.39 is 0 Å². The molecule has 0 radical (unpaired) electrons. The first kappa shape index (κ1) is 14.9. The van der Waals surface area contributed by atoms with Crippen molar-refractivity contribution in [2.45, 2.75) is 19.4 Å². The number of amides is 1. The monoisotopic (exact) mass is 336 g/mol. The fraction of sp³-hybridized carbons (Fsp3) is 0.158. The second-order valence-electron chi connectivity index (χ2n) is 5.81. The lowest BCUT2D eigenvalue weighted by molar-refractivity contribution is 0.0692. The molecule has 4 rings (SSSR count). The first-order valence-corrected chi connectivity index (χ1v) is 8.70. The summed E-state index contributed by atoms with van der Waals surface area (Å²) in [6, 6.07) is 13.1. The molecule has 0 fully saturated rings. The first-order chi connectivity index (χ1) is 11.7. The third kappa shape index (κ3) is 2.67. The summed E-state index contributed by atoms with van der Waals surface area (Å²) in [6.45, 7) is 1.98. The zero-order chi connectivity index (χ0) is 16.5. The van der Waals surface area contributed by atoms with E-state index in [-0.39, 0.29) is 11.9 Å². The lowest BCUT2D eigenvalue weighted by Gasteiger charge is -2.20. The van der Waals surface area contributed by atoms with Crippen LogP contribution in [0.15, 0.2) is 69.0 Å². The lowest BCUT2D eigenvalue weighted by Crippen LogP contribution is -2.26. The summed E-state index contributed by atoms with van der Waals surface area (Å²) in [5.41, 5.74) is 3.67. The van der Waals surface area contributed by atoms with Crippen LogP contribution in [0.4, 0.5) is 0 Å². The van der Waals surface area contributed by atoms with Crippen LogP contribution in [-0.4, -0.2) is 16.6 Å². The maximum absolute atomic E-state index is 13.0. The van der Waals surface area contributed by atoms with Crippen molar-refractivity contribution in [3.8, 4) is 0 Å². The van der Waals surface area contributed by atoms with Crippen molar-refractivity contribution in [2.24, 2.45) is 5.10 Å². The van der Waals surface area contributed by atoms with Gasteiger partial charge < -0.3 is 4.42 Å². The number of hydrogen-bond donors (Lipinski definition) is 0. The van der Waals surface area contributed by atoms with Gasteiger partial charge in [-0.15, -0.1) is 0 Å². The van der Waals surface area contributed by atoms with Crippen molar-refractivity contribution >= 4 is 23.0 Å². The Bertz CT molecular complexity index is 882. The standard InChI is InChI=1S/C19H16N2O2S/c1-13-4-2-5-14(10-13)19(22)21-17(18-6-3-8-23-18)11-16(20-21)15-7-9-24-12-15/h2-10,12,17H,11H2,1H3/t17-/m1/s1. The Labute approximate surface area is 144 Å². The number of benzene rings is 1. The van der Waals surface area contributed by atoms with Gasteiger partial charge in [0.15, 0.2) is 0 Å². The minimum absolute atomic E-state index is 0.106. The molecule has 0 saturated carbocycles. The molecule has 1 aromatic carbocycles. The number of rotatable bonds is 3. The Morgan fingerprint density at radius 2 is 2.21 bits per heavy atom. The molecule has 0 saturated heterocycles. The highest BCUT2D eigenvalue weighted by molar-refractivity contribution is 7.08. The highest BCUT2D eigenvalue weighted by atomic mass is 32.1. The van der Waals surface area contributed by atoms with E-state index in [4.69, 9.17) is 4.42 Å². The van der Waals surface area contributed by atoms with Gasteiger partial charge in [-0.2, -0.15) is 16.4 Å². The van der Waals surface area contributed by atoms with Crippen LogP contribution in [0.3, 0.4) is 0 Å². The highest BCUT2D eigenvalue weighted by Crippen LogP contribution is 2.34. The second-order valence-corrected chi connectivity index (χ2v) is 6.59. The second kappa shape index (κ2) is 6.09. The summed E-state index contributed by atoms with van der Waals surface area (Å²) in [6.07, 6.45) is 2.29. The highest BCUT2D eigenvalue weighted by Gasteiger charge is 2.35. The Morgan fingerprint density at radius 1 is 1.29 bits per heavy atom. The molecule has 1 aliphatic rings. The van der Waals surface area contributed by atoms with Gasteiger partial charge >= 0.3 is 0 Å². The predicted octanol–water partition coefficient (Wildman–Crippen LogP) is 4.64. The molecule has 2 aromatic heterocycles. The zero-order valence-corrected chi connectivity index (χ0v) is 14.0. The number of hydrazone groups is 1. The SMILES string of the molecule is Cc1cccc(C(=O)N2N=C(c3ccsc3)C[C@@H]2c2ccco2)c1. The third-order valence-corrected chi connectivity index (χ3v) is 4.79. The van der Waals surface area contributed by atoms with Gasteiger partial charge in [0.05, 0.1) is 12.0 Å². The zero-order valence-electron chi connectivity index (χ0n) is 13.2. The maximum Gasteiger partial charge on any atom is 0.274 e. The summed E-state index contributed by atoms with van der Waals surface area (Å²) in [4.78, 5) is 13.0. The van der Waals surface area contributed by atoms with Crippen LogP contribution in [0, 0.1) is 6.92 Å². The number of carbonyl (C=O) groups is 1. The molecule has 0 unspecified atom stereocenters. The summed E-state index contributed by atoms with van der Waals surface area (Å²) in [5, 5.41) is 10.3. The number of nitrogens with zero attached hydrogens (tertiary/aromatic N) is 2. The maximum atomic E-state index is 13.0. The van der Waals surface area contributed by atoms with E-state index in [0.29, 0.717) is 12.0 Å². The van der Waals surface area contributed by atoms with E-state index in [0.717, 1.165) is 22.6 Å². The average Bonchev–Trinajstić information content (AvgIpc) is 3.32. The summed E-state index contributed by atoms with van der Waals surface area (Å²) < 4.78 is 5.56. The Morgan fingerprint density at radius 3 is 2.92 bits per heavy atom. The van der Waals surface area contributed by atoms with Crippen LogP contribution < -0.4 is 0 Å². The fourth-order valence-electron chi connectivity index (χ4n) is 2.91. The van der Waals surface area contributed by atoms with Crippen LogP contribution >= 0.6 is 11.3 Å². The van der Waals surface area contributed by atoms with E-state index in [9.17, 15) is 4.79 Å². The van der Waals surface area contributed by atoms with E-state index in [1.54, 1.807) is 22.6 Å². The summed E-state index contributed by atoms with van der Waals surface area (Å²) >= 11 is 1.63. The normalized spacial score (nSPS) is 17.1. The number of carbonyl (C=O) groups excluding carboxylic acids is 1. The molecule has 1 amide bonds. The Hall–Kier alpha value is -2.66. The van der Waals surface area contributed by atoms with E-state index >= 15 is 0 Å². The van der Waals surface area contributed by atoms with Crippen LogP contribution in [0.1, 0.15) is 39.7 Å². The predicted molar refractivity (Wildman–Crippen MR) is 94.3 cm³/mol. The molecule has 1 atom stereocenters. The molecule has 3 heterocycles. The smallest absolute Gasteiger partial charge is 0.274 e. The Balaban J connectivity index is 1.72. The largest absolute Gasteiger partial charge is 0.467 e.